The molecule has 1 aromatic heterocycles. The normalized spacial score (nSPS) is 10.6. The first-order valence-corrected chi connectivity index (χ1v) is 6.98. The second-order valence-corrected chi connectivity index (χ2v) is 5.23. The van der Waals surface area contributed by atoms with Gasteiger partial charge in [-0.05, 0) is 18.6 Å². The number of aliphatic hydroxyl groups is 1. The fourth-order valence-corrected chi connectivity index (χ4v) is 2.24. The largest absolute Gasteiger partial charge is 0.395 e. The van der Waals surface area contributed by atoms with E-state index in [4.69, 9.17) is 9.63 Å². The maximum Gasteiger partial charge on any atom is 0.292 e. The predicted octanol–water partition coefficient (Wildman–Crippen LogP) is 2.38. The van der Waals surface area contributed by atoms with Crippen LogP contribution in [0.15, 0.2) is 39.3 Å². The first kappa shape index (κ1) is 14.7. The summed E-state index contributed by atoms with van der Waals surface area (Å²) in [6.07, 6.45) is 0. The van der Waals surface area contributed by atoms with Gasteiger partial charge in [0, 0.05) is 23.6 Å². The summed E-state index contributed by atoms with van der Waals surface area (Å²) in [5, 5.41) is 12.8. The number of amides is 1. The van der Waals surface area contributed by atoms with Crippen LogP contribution >= 0.6 is 15.9 Å². The van der Waals surface area contributed by atoms with E-state index in [9.17, 15) is 4.79 Å². The third kappa shape index (κ3) is 3.46. The Kier molecular flexibility index (Phi) is 4.92. The Labute approximate surface area is 125 Å². The minimum atomic E-state index is -0.282. The highest BCUT2D eigenvalue weighted by molar-refractivity contribution is 9.10. The van der Waals surface area contributed by atoms with E-state index in [2.05, 4.69) is 21.1 Å². The Bertz CT molecular complexity index is 598. The van der Waals surface area contributed by atoms with E-state index in [0.717, 1.165) is 10.0 Å². The standard InChI is InChI=1S/C14H15BrN2O3/c1-10-8-13(20-16-10)14(19)17(6-7-18)9-11-4-2-3-5-12(11)15/h2-5,8,18H,6-7,9H2,1H3. The zero-order valence-electron chi connectivity index (χ0n) is 11.0. The van der Waals surface area contributed by atoms with Gasteiger partial charge in [-0.25, -0.2) is 0 Å². The van der Waals surface area contributed by atoms with E-state index >= 15 is 0 Å². The number of hydrogen-bond donors (Lipinski definition) is 1. The van der Waals surface area contributed by atoms with Crippen molar-refractivity contribution >= 4 is 21.8 Å². The van der Waals surface area contributed by atoms with E-state index in [-0.39, 0.29) is 24.8 Å². The Morgan fingerprint density at radius 3 is 2.80 bits per heavy atom. The number of aliphatic hydroxyl groups excluding tert-OH is 1. The fourth-order valence-electron chi connectivity index (χ4n) is 1.83. The van der Waals surface area contributed by atoms with Crippen molar-refractivity contribution in [3.05, 3.63) is 51.8 Å². The highest BCUT2D eigenvalue weighted by Gasteiger charge is 2.20. The molecule has 0 unspecified atom stereocenters. The van der Waals surface area contributed by atoms with Gasteiger partial charge in [-0.1, -0.05) is 39.3 Å². The molecule has 1 aromatic carbocycles. The molecular formula is C14H15BrN2O3. The molecule has 0 saturated carbocycles. The summed E-state index contributed by atoms with van der Waals surface area (Å²) < 4.78 is 5.91. The number of carbonyl (C=O) groups excluding carboxylic acids is 1. The van der Waals surface area contributed by atoms with Gasteiger partial charge in [-0.2, -0.15) is 0 Å². The molecule has 5 nitrogen and oxygen atoms in total. The summed E-state index contributed by atoms with van der Waals surface area (Å²) in [5.41, 5.74) is 1.61. The Morgan fingerprint density at radius 1 is 1.45 bits per heavy atom. The van der Waals surface area contributed by atoms with E-state index < -0.39 is 0 Å². The zero-order valence-corrected chi connectivity index (χ0v) is 12.6. The molecule has 1 heterocycles. The van der Waals surface area contributed by atoms with Gasteiger partial charge in [0.1, 0.15) is 0 Å². The lowest BCUT2D eigenvalue weighted by molar-refractivity contribution is 0.0666. The van der Waals surface area contributed by atoms with Crippen LogP contribution in [0.4, 0.5) is 0 Å². The van der Waals surface area contributed by atoms with Crippen molar-refractivity contribution in [1.29, 1.82) is 0 Å². The highest BCUT2D eigenvalue weighted by atomic mass is 79.9. The molecule has 0 bridgehead atoms. The highest BCUT2D eigenvalue weighted by Crippen LogP contribution is 2.19. The smallest absolute Gasteiger partial charge is 0.292 e. The molecule has 6 heteroatoms. The van der Waals surface area contributed by atoms with Crippen LogP contribution < -0.4 is 0 Å². The molecule has 0 aliphatic heterocycles. The summed E-state index contributed by atoms with van der Waals surface area (Å²) in [5.74, 6) is -0.0987. The van der Waals surface area contributed by atoms with Crippen molar-refractivity contribution in [3.63, 3.8) is 0 Å². The molecule has 1 amide bonds. The quantitative estimate of drug-likeness (QED) is 0.908. The third-order valence-corrected chi connectivity index (χ3v) is 3.59. The Hall–Kier alpha value is -1.66. The van der Waals surface area contributed by atoms with Crippen LogP contribution in [0.5, 0.6) is 0 Å². The number of rotatable bonds is 5. The molecule has 1 N–H and O–H groups in total. The predicted molar refractivity (Wildman–Crippen MR) is 77.2 cm³/mol. The molecule has 20 heavy (non-hydrogen) atoms. The summed E-state index contributed by atoms with van der Waals surface area (Å²) in [7, 11) is 0. The van der Waals surface area contributed by atoms with Crippen molar-refractivity contribution in [2.45, 2.75) is 13.5 Å². The maximum atomic E-state index is 12.3. The molecule has 2 aromatic rings. The van der Waals surface area contributed by atoms with Crippen molar-refractivity contribution in [2.75, 3.05) is 13.2 Å². The number of halogens is 1. The Balaban J connectivity index is 2.19. The van der Waals surface area contributed by atoms with Crippen LogP contribution in [-0.4, -0.2) is 34.2 Å². The monoisotopic (exact) mass is 338 g/mol. The van der Waals surface area contributed by atoms with Gasteiger partial charge < -0.3 is 14.5 Å². The van der Waals surface area contributed by atoms with Crippen LogP contribution in [0.25, 0.3) is 0 Å². The second-order valence-electron chi connectivity index (χ2n) is 4.37. The van der Waals surface area contributed by atoms with Crippen LogP contribution in [-0.2, 0) is 6.54 Å². The molecule has 0 radical (unpaired) electrons. The molecular weight excluding hydrogens is 324 g/mol. The SMILES string of the molecule is Cc1cc(C(=O)N(CCO)Cc2ccccc2Br)on1. The lowest BCUT2D eigenvalue weighted by Gasteiger charge is -2.21. The fraction of sp³-hybridized carbons (Fsp3) is 0.286. The van der Waals surface area contributed by atoms with E-state index in [1.54, 1.807) is 13.0 Å². The molecule has 0 atom stereocenters. The summed E-state index contributed by atoms with van der Waals surface area (Å²) >= 11 is 3.45. The van der Waals surface area contributed by atoms with E-state index in [1.807, 2.05) is 24.3 Å². The average Bonchev–Trinajstić information content (AvgIpc) is 2.86. The van der Waals surface area contributed by atoms with Gasteiger partial charge in [0.2, 0.25) is 5.76 Å². The molecule has 0 aliphatic rings. The minimum Gasteiger partial charge on any atom is -0.395 e. The van der Waals surface area contributed by atoms with Crippen LogP contribution in [0.1, 0.15) is 21.8 Å². The van der Waals surface area contributed by atoms with Crippen molar-refractivity contribution < 1.29 is 14.4 Å². The van der Waals surface area contributed by atoms with Crippen LogP contribution in [0, 0.1) is 6.92 Å². The van der Waals surface area contributed by atoms with Gasteiger partial charge in [-0.3, -0.25) is 4.79 Å². The van der Waals surface area contributed by atoms with Gasteiger partial charge in [0.25, 0.3) is 5.91 Å². The number of aromatic nitrogens is 1. The molecule has 0 aliphatic carbocycles. The summed E-state index contributed by atoms with van der Waals surface area (Å²) in [6.45, 7) is 2.27. The molecule has 0 saturated heterocycles. The van der Waals surface area contributed by atoms with Crippen LogP contribution in [0.3, 0.4) is 0 Å². The summed E-state index contributed by atoms with van der Waals surface area (Å²) in [4.78, 5) is 13.9. The van der Waals surface area contributed by atoms with Crippen LogP contribution in [0.2, 0.25) is 0 Å². The topological polar surface area (TPSA) is 66.6 Å². The second kappa shape index (κ2) is 6.67. The van der Waals surface area contributed by atoms with E-state index in [0.29, 0.717) is 12.2 Å². The number of benzene rings is 1. The van der Waals surface area contributed by atoms with Gasteiger partial charge >= 0.3 is 0 Å². The molecule has 0 spiro atoms. The molecule has 0 fully saturated rings. The number of aryl methyl sites for hydroxylation is 1. The lowest BCUT2D eigenvalue weighted by Crippen LogP contribution is -2.33. The maximum absolute atomic E-state index is 12.3. The number of carbonyl (C=O) groups is 1. The van der Waals surface area contributed by atoms with Gasteiger partial charge in [-0.15, -0.1) is 0 Å². The zero-order chi connectivity index (χ0) is 14.5. The number of nitrogens with zero attached hydrogens (tertiary/aromatic N) is 2. The lowest BCUT2D eigenvalue weighted by atomic mass is 10.2. The first-order valence-electron chi connectivity index (χ1n) is 6.18. The number of hydrogen-bond acceptors (Lipinski definition) is 4. The van der Waals surface area contributed by atoms with Crippen molar-refractivity contribution in [2.24, 2.45) is 0 Å². The Morgan fingerprint density at radius 2 is 2.20 bits per heavy atom. The summed E-state index contributed by atoms with van der Waals surface area (Å²) in [6, 6.07) is 9.24. The molecule has 106 valence electrons. The molecule has 2 rings (SSSR count). The van der Waals surface area contributed by atoms with Crippen molar-refractivity contribution in [3.8, 4) is 0 Å². The third-order valence-electron chi connectivity index (χ3n) is 2.81. The van der Waals surface area contributed by atoms with Gasteiger partial charge in [0.15, 0.2) is 0 Å². The van der Waals surface area contributed by atoms with E-state index in [1.165, 1.54) is 4.90 Å². The first-order chi connectivity index (χ1) is 9.61. The van der Waals surface area contributed by atoms with Gasteiger partial charge in [0.05, 0.1) is 12.3 Å². The van der Waals surface area contributed by atoms with Crippen molar-refractivity contribution in [1.82, 2.24) is 10.1 Å². The average molecular weight is 339 g/mol. The minimum absolute atomic E-state index is 0.108.